The predicted octanol–water partition coefficient (Wildman–Crippen LogP) is 2.93. The van der Waals surface area contributed by atoms with Crippen LogP contribution in [-0.4, -0.2) is 16.8 Å². The Kier molecular flexibility index (Phi) is 5.53. The summed E-state index contributed by atoms with van der Waals surface area (Å²) >= 11 is 1.34. The number of thiophene rings is 1. The first-order valence-electron chi connectivity index (χ1n) is 7.81. The largest absolute Gasteiger partial charge is 0.348 e. The fourth-order valence-electron chi connectivity index (χ4n) is 2.34. The van der Waals surface area contributed by atoms with E-state index in [9.17, 15) is 9.59 Å². The average Bonchev–Trinajstić information content (AvgIpc) is 3.20. The normalized spacial score (nSPS) is 11.5. The lowest BCUT2D eigenvalue weighted by molar-refractivity contribution is -0.123. The van der Waals surface area contributed by atoms with Gasteiger partial charge in [-0.3, -0.25) is 14.6 Å². The van der Waals surface area contributed by atoms with E-state index in [2.05, 4.69) is 15.6 Å². The molecule has 1 aromatic carbocycles. The van der Waals surface area contributed by atoms with Gasteiger partial charge in [-0.1, -0.05) is 42.5 Å². The van der Waals surface area contributed by atoms with Crippen LogP contribution in [0.1, 0.15) is 27.0 Å². The first-order chi connectivity index (χ1) is 12.2. The molecule has 0 saturated carbocycles. The molecule has 5 nitrogen and oxygen atoms in total. The smallest absolute Gasteiger partial charge is 0.262 e. The summed E-state index contributed by atoms with van der Waals surface area (Å²) in [5, 5.41) is 7.47. The molecular formula is C19H17N3O2S. The molecule has 0 aliphatic heterocycles. The molecule has 0 spiro atoms. The number of pyridine rings is 1. The van der Waals surface area contributed by atoms with Gasteiger partial charge in [0.25, 0.3) is 5.91 Å². The van der Waals surface area contributed by atoms with Crippen molar-refractivity contribution in [1.82, 2.24) is 15.6 Å². The Balaban J connectivity index is 1.74. The third-order valence-corrected chi connectivity index (χ3v) is 4.45. The number of carbonyl (C=O) groups excluding carboxylic acids is 2. The molecule has 0 saturated heterocycles. The lowest BCUT2D eigenvalue weighted by Crippen LogP contribution is -2.40. The molecule has 2 amide bonds. The third-order valence-electron chi connectivity index (χ3n) is 3.59. The molecule has 1 atom stereocenters. The maximum Gasteiger partial charge on any atom is 0.262 e. The number of rotatable bonds is 6. The van der Waals surface area contributed by atoms with Crippen molar-refractivity contribution in [1.29, 1.82) is 0 Å². The van der Waals surface area contributed by atoms with Crippen LogP contribution in [0.4, 0.5) is 0 Å². The molecule has 25 heavy (non-hydrogen) atoms. The summed E-state index contributed by atoms with van der Waals surface area (Å²) in [7, 11) is 0. The lowest BCUT2D eigenvalue weighted by Gasteiger charge is -2.18. The van der Waals surface area contributed by atoms with E-state index in [0.29, 0.717) is 11.4 Å². The van der Waals surface area contributed by atoms with Crippen LogP contribution in [0.25, 0.3) is 0 Å². The van der Waals surface area contributed by atoms with Gasteiger partial charge in [-0.05, 0) is 29.1 Å². The Bertz CT molecular complexity index is 820. The van der Waals surface area contributed by atoms with Crippen LogP contribution in [0.2, 0.25) is 0 Å². The maximum absolute atomic E-state index is 12.7. The van der Waals surface area contributed by atoms with E-state index in [1.54, 1.807) is 18.3 Å². The van der Waals surface area contributed by atoms with Crippen molar-refractivity contribution in [3.63, 3.8) is 0 Å². The number of nitrogens with zero attached hydrogens (tertiary/aromatic N) is 1. The highest BCUT2D eigenvalue weighted by Crippen LogP contribution is 2.16. The van der Waals surface area contributed by atoms with E-state index in [0.717, 1.165) is 11.3 Å². The summed E-state index contributed by atoms with van der Waals surface area (Å²) in [6, 6.07) is 17.5. The van der Waals surface area contributed by atoms with Crippen molar-refractivity contribution < 1.29 is 9.59 Å². The van der Waals surface area contributed by atoms with E-state index in [1.165, 1.54) is 11.3 Å². The van der Waals surface area contributed by atoms with Crippen molar-refractivity contribution in [3.8, 4) is 0 Å². The van der Waals surface area contributed by atoms with Crippen LogP contribution < -0.4 is 10.6 Å². The first-order valence-corrected chi connectivity index (χ1v) is 8.69. The summed E-state index contributed by atoms with van der Waals surface area (Å²) < 4.78 is 0. The number of benzene rings is 1. The Morgan fingerprint density at radius 3 is 2.48 bits per heavy atom. The second-order valence-electron chi connectivity index (χ2n) is 5.33. The highest BCUT2D eigenvalue weighted by atomic mass is 32.1. The molecule has 0 aliphatic carbocycles. The summed E-state index contributed by atoms with van der Waals surface area (Å²) in [5.74, 6) is -0.543. The van der Waals surface area contributed by atoms with Crippen molar-refractivity contribution >= 4 is 23.2 Å². The second-order valence-corrected chi connectivity index (χ2v) is 6.28. The summed E-state index contributed by atoms with van der Waals surface area (Å²) in [4.78, 5) is 29.8. The van der Waals surface area contributed by atoms with E-state index in [1.807, 2.05) is 53.9 Å². The van der Waals surface area contributed by atoms with Gasteiger partial charge in [-0.15, -0.1) is 11.3 Å². The highest BCUT2D eigenvalue weighted by Gasteiger charge is 2.23. The van der Waals surface area contributed by atoms with E-state index < -0.39 is 6.04 Å². The number of aromatic nitrogens is 1. The number of amides is 2. The van der Waals surface area contributed by atoms with Gasteiger partial charge in [0, 0.05) is 6.20 Å². The van der Waals surface area contributed by atoms with Crippen molar-refractivity contribution in [2.45, 2.75) is 12.6 Å². The number of carbonyl (C=O) groups is 2. The molecule has 0 fully saturated rings. The number of nitrogens with one attached hydrogen (secondary N) is 2. The fourth-order valence-corrected chi connectivity index (χ4v) is 2.96. The van der Waals surface area contributed by atoms with E-state index in [-0.39, 0.29) is 11.8 Å². The average molecular weight is 351 g/mol. The minimum atomic E-state index is -0.764. The topological polar surface area (TPSA) is 71.1 Å². The van der Waals surface area contributed by atoms with E-state index >= 15 is 0 Å². The van der Waals surface area contributed by atoms with E-state index in [4.69, 9.17) is 0 Å². The molecule has 3 aromatic rings. The fraction of sp³-hybridized carbons (Fsp3) is 0.105. The van der Waals surface area contributed by atoms with Gasteiger partial charge in [0.05, 0.1) is 17.1 Å². The second kappa shape index (κ2) is 8.21. The lowest BCUT2D eigenvalue weighted by atomic mass is 10.1. The van der Waals surface area contributed by atoms with Crippen LogP contribution in [0.5, 0.6) is 0 Å². The summed E-state index contributed by atoms with van der Waals surface area (Å²) in [6.07, 6.45) is 1.68. The van der Waals surface area contributed by atoms with Crippen LogP contribution in [-0.2, 0) is 11.3 Å². The third kappa shape index (κ3) is 4.51. The van der Waals surface area contributed by atoms with Gasteiger partial charge in [0.15, 0.2) is 0 Å². The minimum Gasteiger partial charge on any atom is -0.348 e. The number of hydrogen-bond donors (Lipinski definition) is 2. The highest BCUT2D eigenvalue weighted by molar-refractivity contribution is 7.12. The molecule has 2 N–H and O–H groups in total. The molecular weight excluding hydrogens is 334 g/mol. The molecule has 1 unspecified atom stereocenters. The van der Waals surface area contributed by atoms with Gasteiger partial charge in [0.1, 0.15) is 6.04 Å². The minimum absolute atomic E-state index is 0.267. The standard InChI is InChI=1S/C19H17N3O2S/c23-18(16-10-6-12-25-16)22-17(14-7-2-1-3-8-14)19(24)21-13-15-9-4-5-11-20-15/h1-12,17H,13H2,(H,21,24)(H,22,23). The van der Waals surface area contributed by atoms with Crippen LogP contribution >= 0.6 is 11.3 Å². The first kappa shape index (κ1) is 16.9. The van der Waals surface area contributed by atoms with Crippen LogP contribution in [0, 0.1) is 0 Å². The molecule has 6 heteroatoms. The zero-order valence-electron chi connectivity index (χ0n) is 13.4. The summed E-state index contributed by atoms with van der Waals surface area (Å²) in [6.45, 7) is 0.303. The Morgan fingerprint density at radius 2 is 1.80 bits per heavy atom. The SMILES string of the molecule is O=C(NC(C(=O)NCc1ccccn1)c1ccccc1)c1cccs1. The molecule has 3 rings (SSSR count). The van der Waals surface area contributed by atoms with Gasteiger partial charge >= 0.3 is 0 Å². The van der Waals surface area contributed by atoms with Gasteiger partial charge in [0.2, 0.25) is 5.91 Å². The Labute approximate surface area is 149 Å². The Morgan fingerprint density at radius 1 is 1.00 bits per heavy atom. The van der Waals surface area contributed by atoms with Gasteiger partial charge < -0.3 is 10.6 Å². The van der Waals surface area contributed by atoms with Gasteiger partial charge in [-0.25, -0.2) is 0 Å². The van der Waals surface area contributed by atoms with Gasteiger partial charge in [-0.2, -0.15) is 0 Å². The molecule has 2 heterocycles. The van der Waals surface area contributed by atoms with Crippen molar-refractivity contribution in [3.05, 3.63) is 88.4 Å². The zero-order valence-corrected chi connectivity index (χ0v) is 14.2. The molecule has 126 valence electrons. The van der Waals surface area contributed by atoms with Crippen molar-refractivity contribution in [2.24, 2.45) is 0 Å². The maximum atomic E-state index is 12.7. The molecule has 0 aliphatic rings. The number of hydrogen-bond acceptors (Lipinski definition) is 4. The molecule has 2 aromatic heterocycles. The zero-order chi connectivity index (χ0) is 17.5. The summed E-state index contributed by atoms with van der Waals surface area (Å²) in [5.41, 5.74) is 1.48. The van der Waals surface area contributed by atoms with Crippen LogP contribution in [0.3, 0.4) is 0 Å². The Hall–Kier alpha value is -2.99. The monoisotopic (exact) mass is 351 g/mol. The van der Waals surface area contributed by atoms with Crippen LogP contribution in [0.15, 0.2) is 72.2 Å². The molecule has 0 radical (unpaired) electrons. The van der Waals surface area contributed by atoms with Crippen molar-refractivity contribution in [2.75, 3.05) is 0 Å². The quantitative estimate of drug-likeness (QED) is 0.717. The molecule has 0 bridgehead atoms. The predicted molar refractivity (Wildman–Crippen MR) is 97.1 cm³/mol.